The van der Waals surface area contributed by atoms with Crippen LogP contribution in [-0.4, -0.2) is 33.7 Å². The van der Waals surface area contributed by atoms with Gasteiger partial charge >= 0.3 is 5.92 Å². The number of nitrogens with one attached hydrogen (secondary N) is 2. The monoisotopic (exact) mass is 345 g/mol. The summed E-state index contributed by atoms with van der Waals surface area (Å²) in [5.41, 5.74) is 2.60. The third-order valence-electron chi connectivity index (χ3n) is 5.91. The summed E-state index contributed by atoms with van der Waals surface area (Å²) in [5, 5.41) is 7.00. The van der Waals surface area contributed by atoms with E-state index in [1.54, 1.807) is 10.8 Å². The first kappa shape index (κ1) is 15.3. The third kappa shape index (κ3) is 2.36. The van der Waals surface area contributed by atoms with Crippen LogP contribution in [0.1, 0.15) is 30.8 Å². The molecule has 2 aromatic rings. The number of imidazole rings is 1. The molecule has 5 nitrogen and oxygen atoms in total. The zero-order valence-electron chi connectivity index (χ0n) is 14.1. The number of pyridine rings is 1. The maximum absolute atomic E-state index is 13.8. The van der Waals surface area contributed by atoms with Crippen molar-refractivity contribution in [2.24, 2.45) is 5.41 Å². The fourth-order valence-electron chi connectivity index (χ4n) is 4.17. The lowest BCUT2D eigenvalue weighted by Gasteiger charge is -2.20. The number of rotatable bonds is 3. The quantitative estimate of drug-likeness (QED) is 0.898. The molecule has 0 aromatic carbocycles. The highest BCUT2D eigenvalue weighted by Crippen LogP contribution is 2.51. The number of aromatic nitrogens is 3. The van der Waals surface area contributed by atoms with Crippen molar-refractivity contribution < 1.29 is 8.78 Å². The molecule has 0 radical (unpaired) electrons. The van der Waals surface area contributed by atoms with E-state index in [0.717, 1.165) is 30.2 Å². The van der Waals surface area contributed by atoms with E-state index in [1.165, 1.54) is 12.8 Å². The summed E-state index contributed by atoms with van der Waals surface area (Å²) in [4.78, 5) is 8.83. The van der Waals surface area contributed by atoms with E-state index < -0.39 is 5.92 Å². The lowest BCUT2D eigenvalue weighted by molar-refractivity contribution is -0.00616. The van der Waals surface area contributed by atoms with E-state index in [1.807, 2.05) is 19.1 Å². The van der Waals surface area contributed by atoms with Crippen LogP contribution in [0.15, 0.2) is 18.3 Å². The van der Waals surface area contributed by atoms with Gasteiger partial charge in [0.05, 0.1) is 5.69 Å². The Morgan fingerprint density at radius 1 is 1.24 bits per heavy atom. The summed E-state index contributed by atoms with van der Waals surface area (Å²) in [6, 6.07) is 4.28. The smallest absolute Gasteiger partial charge is 0.306 e. The molecule has 5 rings (SSSR count). The number of hydrogen-bond donors (Lipinski definition) is 2. The Balaban J connectivity index is 1.41. The van der Waals surface area contributed by atoms with Crippen LogP contribution in [0.2, 0.25) is 0 Å². The maximum Gasteiger partial charge on any atom is 0.306 e. The van der Waals surface area contributed by atoms with Crippen LogP contribution in [0.25, 0.3) is 11.3 Å². The topological polar surface area (TPSA) is 54.8 Å². The molecule has 1 spiro atoms. The molecule has 25 heavy (non-hydrogen) atoms. The van der Waals surface area contributed by atoms with Crippen molar-refractivity contribution in [3.8, 4) is 11.3 Å². The van der Waals surface area contributed by atoms with Gasteiger partial charge in [0, 0.05) is 55.0 Å². The zero-order chi connectivity index (χ0) is 17.2. The van der Waals surface area contributed by atoms with Gasteiger partial charge in [0.1, 0.15) is 5.82 Å². The van der Waals surface area contributed by atoms with Gasteiger partial charge in [0.2, 0.25) is 0 Å². The lowest BCUT2D eigenvalue weighted by Crippen LogP contribution is -2.29. The molecular weight excluding hydrogens is 324 g/mol. The fraction of sp³-hybridized carbons (Fsp3) is 0.556. The normalized spacial score (nSPS) is 25.3. The van der Waals surface area contributed by atoms with Crippen LogP contribution in [0, 0.1) is 12.3 Å². The van der Waals surface area contributed by atoms with Gasteiger partial charge in [-0.1, -0.05) is 0 Å². The van der Waals surface area contributed by atoms with Crippen LogP contribution in [0.4, 0.5) is 14.6 Å². The molecule has 1 atom stereocenters. The summed E-state index contributed by atoms with van der Waals surface area (Å²) in [6.07, 6.45) is 4.09. The molecule has 2 fully saturated rings. The van der Waals surface area contributed by atoms with Gasteiger partial charge in [-0.2, -0.15) is 8.78 Å². The molecule has 0 bridgehead atoms. The van der Waals surface area contributed by atoms with Gasteiger partial charge in [-0.15, -0.1) is 0 Å². The number of aryl methyl sites for hydroxylation is 2. The SMILES string of the molecule is Cc1nc(N[C@@H]2CNCC23CC3)ccc1-c1cn2c(n1)C(F)(F)CC2. The molecule has 2 aromatic heterocycles. The molecule has 2 N–H and O–H groups in total. The minimum Gasteiger partial charge on any atom is -0.365 e. The molecule has 0 amide bonds. The minimum atomic E-state index is -2.82. The summed E-state index contributed by atoms with van der Waals surface area (Å²) in [6.45, 7) is 4.27. The summed E-state index contributed by atoms with van der Waals surface area (Å²) in [7, 11) is 0. The molecule has 1 aliphatic carbocycles. The Morgan fingerprint density at radius 3 is 2.80 bits per heavy atom. The molecule has 4 heterocycles. The zero-order valence-corrected chi connectivity index (χ0v) is 14.1. The number of hydrogen-bond acceptors (Lipinski definition) is 4. The molecule has 132 valence electrons. The van der Waals surface area contributed by atoms with E-state index in [0.29, 0.717) is 23.7 Å². The van der Waals surface area contributed by atoms with Crippen molar-refractivity contribution in [1.82, 2.24) is 19.9 Å². The van der Waals surface area contributed by atoms with E-state index in [2.05, 4.69) is 20.6 Å². The van der Waals surface area contributed by atoms with Crippen LogP contribution in [0.3, 0.4) is 0 Å². The first-order valence-electron chi connectivity index (χ1n) is 8.88. The first-order valence-corrected chi connectivity index (χ1v) is 8.88. The molecule has 3 aliphatic rings. The Bertz CT molecular complexity index is 840. The second kappa shape index (κ2) is 5.00. The van der Waals surface area contributed by atoms with Crippen LogP contribution in [0.5, 0.6) is 0 Å². The van der Waals surface area contributed by atoms with E-state index in [4.69, 9.17) is 0 Å². The second-order valence-corrected chi connectivity index (χ2v) is 7.62. The van der Waals surface area contributed by atoms with Crippen molar-refractivity contribution >= 4 is 5.82 Å². The Hall–Kier alpha value is -2.02. The highest BCUT2D eigenvalue weighted by Gasteiger charge is 2.52. The predicted molar refractivity (Wildman–Crippen MR) is 90.7 cm³/mol. The number of alkyl halides is 2. The third-order valence-corrected chi connectivity index (χ3v) is 5.91. The largest absolute Gasteiger partial charge is 0.365 e. The number of anilines is 1. The van der Waals surface area contributed by atoms with Gasteiger partial charge in [-0.25, -0.2) is 9.97 Å². The van der Waals surface area contributed by atoms with Crippen molar-refractivity contribution in [3.05, 3.63) is 29.8 Å². The van der Waals surface area contributed by atoms with Crippen LogP contribution in [-0.2, 0) is 12.5 Å². The van der Waals surface area contributed by atoms with Crippen molar-refractivity contribution in [2.75, 3.05) is 18.4 Å². The summed E-state index contributed by atoms with van der Waals surface area (Å²) < 4.78 is 29.2. The molecule has 0 unspecified atom stereocenters. The molecule has 1 saturated carbocycles. The average Bonchev–Trinajstić information content (AvgIpc) is 2.92. The predicted octanol–water partition coefficient (Wildman–Crippen LogP) is 2.91. The number of nitrogens with zero attached hydrogens (tertiary/aromatic N) is 3. The molecule has 2 aliphatic heterocycles. The van der Waals surface area contributed by atoms with Gasteiger partial charge in [-0.05, 0) is 31.9 Å². The number of halogens is 2. The van der Waals surface area contributed by atoms with E-state index in [9.17, 15) is 8.78 Å². The maximum atomic E-state index is 13.8. The standard InChI is InChI=1S/C18H21F2N5/c1-11-12(13-9-25-7-6-18(19,20)16(25)23-13)2-3-15(22-11)24-14-8-21-10-17(14)4-5-17/h2-3,9,14,21H,4-8,10H2,1H3,(H,22,24)/t14-/m1/s1. The summed E-state index contributed by atoms with van der Waals surface area (Å²) in [5.74, 6) is -2.11. The Morgan fingerprint density at radius 2 is 2.08 bits per heavy atom. The van der Waals surface area contributed by atoms with Crippen molar-refractivity contribution in [3.63, 3.8) is 0 Å². The van der Waals surface area contributed by atoms with Crippen molar-refractivity contribution in [2.45, 2.75) is 44.7 Å². The van der Waals surface area contributed by atoms with E-state index in [-0.39, 0.29) is 12.2 Å². The number of fused-ring (bicyclic) bond motifs is 1. The van der Waals surface area contributed by atoms with Gasteiger partial charge < -0.3 is 15.2 Å². The Kier molecular flexibility index (Phi) is 3.05. The van der Waals surface area contributed by atoms with E-state index >= 15 is 0 Å². The highest BCUT2D eigenvalue weighted by molar-refractivity contribution is 5.63. The van der Waals surface area contributed by atoms with Crippen LogP contribution >= 0.6 is 0 Å². The first-order chi connectivity index (χ1) is 12.0. The summed E-state index contributed by atoms with van der Waals surface area (Å²) >= 11 is 0. The Labute approximate surface area is 144 Å². The highest BCUT2D eigenvalue weighted by atomic mass is 19.3. The minimum absolute atomic E-state index is 0.128. The van der Waals surface area contributed by atoms with Gasteiger partial charge in [-0.3, -0.25) is 0 Å². The molecule has 7 heteroatoms. The molecule has 1 saturated heterocycles. The second-order valence-electron chi connectivity index (χ2n) is 7.62. The van der Waals surface area contributed by atoms with Gasteiger partial charge in [0.25, 0.3) is 0 Å². The average molecular weight is 345 g/mol. The van der Waals surface area contributed by atoms with Crippen molar-refractivity contribution in [1.29, 1.82) is 0 Å². The van der Waals surface area contributed by atoms with Crippen LogP contribution < -0.4 is 10.6 Å². The van der Waals surface area contributed by atoms with Gasteiger partial charge in [0.15, 0.2) is 5.82 Å². The fourth-order valence-corrected chi connectivity index (χ4v) is 4.17. The molecular formula is C18H21F2N5. The lowest BCUT2D eigenvalue weighted by atomic mass is 10.0.